The molecular weight excluding hydrogens is 288 g/mol. The van der Waals surface area contributed by atoms with Crippen molar-refractivity contribution >= 4 is 29.0 Å². The topological polar surface area (TPSA) is 73.8 Å². The highest BCUT2D eigenvalue weighted by molar-refractivity contribution is 5.89. The van der Waals surface area contributed by atoms with Gasteiger partial charge in [0.05, 0.1) is 11.5 Å². The van der Waals surface area contributed by atoms with Gasteiger partial charge in [0.1, 0.15) is 17.3 Å². The van der Waals surface area contributed by atoms with Crippen LogP contribution in [0.15, 0.2) is 30.3 Å². The third-order valence-electron chi connectivity index (χ3n) is 4.13. The van der Waals surface area contributed by atoms with Crippen LogP contribution in [0.3, 0.4) is 0 Å². The number of H-pyrrole nitrogens is 1. The van der Waals surface area contributed by atoms with Gasteiger partial charge in [0.15, 0.2) is 0 Å². The van der Waals surface area contributed by atoms with Crippen LogP contribution in [0.4, 0.5) is 5.82 Å². The van der Waals surface area contributed by atoms with E-state index in [0.717, 1.165) is 33.2 Å². The summed E-state index contributed by atoms with van der Waals surface area (Å²) in [6, 6.07) is 10.2. The van der Waals surface area contributed by atoms with Crippen LogP contribution in [0.25, 0.3) is 23.2 Å². The third kappa shape index (κ3) is 2.49. The lowest BCUT2D eigenvalue weighted by Crippen LogP contribution is -2.29. The van der Waals surface area contributed by atoms with Gasteiger partial charge in [-0.2, -0.15) is 0 Å². The standard InChI is InChI=1S/C18H18N4O/c1-19-17-16-13-8-7-12(23)10-14(13)20-18(16)22-15(21-17)9-11-5-3-2-4-6-11/h2-6,8,10,12,23H,7,9H2,1H3,(H2,19,20,21,22). The van der Waals surface area contributed by atoms with Crippen LogP contribution in [-0.2, 0) is 6.42 Å². The van der Waals surface area contributed by atoms with Gasteiger partial charge in [-0.05, 0) is 18.1 Å². The molecule has 3 aromatic rings. The molecule has 1 unspecified atom stereocenters. The van der Waals surface area contributed by atoms with E-state index in [9.17, 15) is 5.11 Å². The van der Waals surface area contributed by atoms with Gasteiger partial charge < -0.3 is 15.4 Å². The number of nitrogens with one attached hydrogen (secondary N) is 2. The van der Waals surface area contributed by atoms with Crippen molar-refractivity contribution in [1.29, 1.82) is 0 Å². The number of anilines is 1. The Kier molecular flexibility index (Phi) is 3.35. The van der Waals surface area contributed by atoms with E-state index in [-0.39, 0.29) is 0 Å². The fraction of sp³-hybridized carbons (Fsp3) is 0.222. The summed E-state index contributed by atoms with van der Waals surface area (Å²) in [7, 11) is 1.87. The molecule has 0 bridgehead atoms. The fourth-order valence-corrected chi connectivity index (χ4v) is 3.06. The van der Waals surface area contributed by atoms with Crippen LogP contribution in [0.5, 0.6) is 0 Å². The SMILES string of the molecule is CNc1nc(Cc2ccccc2)nc2[nH]c3c(c12)=CCC(O)C=3. The lowest BCUT2D eigenvalue weighted by molar-refractivity contribution is 0.244. The van der Waals surface area contributed by atoms with Crippen molar-refractivity contribution in [2.24, 2.45) is 0 Å². The molecule has 2 aromatic heterocycles. The second kappa shape index (κ2) is 5.52. The Labute approximate surface area is 133 Å². The first-order valence-corrected chi connectivity index (χ1v) is 7.75. The largest absolute Gasteiger partial charge is 0.389 e. The van der Waals surface area contributed by atoms with E-state index in [4.69, 9.17) is 0 Å². The molecule has 1 aliphatic rings. The van der Waals surface area contributed by atoms with Gasteiger partial charge in [0.2, 0.25) is 0 Å². The Balaban J connectivity index is 1.89. The smallest absolute Gasteiger partial charge is 0.144 e. The number of rotatable bonds is 3. The highest BCUT2D eigenvalue weighted by Crippen LogP contribution is 2.17. The van der Waals surface area contributed by atoms with Crippen molar-refractivity contribution < 1.29 is 5.11 Å². The molecule has 5 nitrogen and oxygen atoms in total. The monoisotopic (exact) mass is 306 g/mol. The normalized spacial score (nSPS) is 16.5. The van der Waals surface area contributed by atoms with E-state index in [1.165, 1.54) is 5.56 Å². The molecule has 116 valence electrons. The predicted octanol–water partition coefficient (Wildman–Crippen LogP) is 0.916. The van der Waals surface area contributed by atoms with Crippen molar-refractivity contribution in [1.82, 2.24) is 15.0 Å². The number of aliphatic hydroxyl groups is 1. The number of hydrogen-bond acceptors (Lipinski definition) is 4. The van der Waals surface area contributed by atoms with Crippen LogP contribution < -0.4 is 15.9 Å². The van der Waals surface area contributed by atoms with Crippen molar-refractivity contribution in [2.45, 2.75) is 18.9 Å². The van der Waals surface area contributed by atoms with Gasteiger partial charge in [-0.3, -0.25) is 0 Å². The van der Waals surface area contributed by atoms with E-state index in [2.05, 4.69) is 32.4 Å². The maximum absolute atomic E-state index is 9.80. The van der Waals surface area contributed by atoms with E-state index in [0.29, 0.717) is 12.8 Å². The van der Waals surface area contributed by atoms with Crippen LogP contribution in [0, 0.1) is 0 Å². The first-order valence-electron chi connectivity index (χ1n) is 7.75. The molecule has 1 atom stereocenters. The summed E-state index contributed by atoms with van der Waals surface area (Å²) in [4.78, 5) is 12.7. The molecule has 0 spiro atoms. The summed E-state index contributed by atoms with van der Waals surface area (Å²) in [5.74, 6) is 1.59. The Bertz CT molecular complexity index is 976. The van der Waals surface area contributed by atoms with Gasteiger partial charge in [0.25, 0.3) is 0 Å². The van der Waals surface area contributed by atoms with Crippen molar-refractivity contribution in [3.05, 3.63) is 52.3 Å². The number of aliphatic hydroxyl groups excluding tert-OH is 1. The lowest BCUT2D eigenvalue weighted by atomic mass is 10.1. The van der Waals surface area contributed by atoms with Crippen LogP contribution in [-0.4, -0.2) is 33.2 Å². The van der Waals surface area contributed by atoms with Gasteiger partial charge in [0, 0.05) is 24.0 Å². The highest BCUT2D eigenvalue weighted by Gasteiger charge is 2.14. The molecule has 3 N–H and O–H groups in total. The Morgan fingerprint density at radius 3 is 2.87 bits per heavy atom. The molecule has 1 aromatic carbocycles. The molecule has 23 heavy (non-hydrogen) atoms. The number of aromatic nitrogens is 3. The van der Waals surface area contributed by atoms with E-state index in [1.54, 1.807) is 0 Å². The minimum absolute atomic E-state index is 0.439. The molecule has 0 saturated heterocycles. The second-order valence-electron chi connectivity index (χ2n) is 5.75. The Morgan fingerprint density at radius 1 is 1.26 bits per heavy atom. The summed E-state index contributed by atoms with van der Waals surface area (Å²) in [5, 5.41) is 16.0. The van der Waals surface area contributed by atoms with Crippen LogP contribution >= 0.6 is 0 Å². The van der Waals surface area contributed by atoms with Gasteiger partial charge in [-0.25, -0.2) is 9.97 Å². The molecule has 0 saturated carbocycles. The molecule has 0 aliphatic heterocycles. The molecule has 0 radical (unpaired) electrons. The zero-order valence-electron chi connectivity index (χ0n) is 12.9. The molecule has 0 amide bonds. The number of fused-ring (bicyclic) bond motifs is 3. The summed E-state index contributed by atoms with van der Waals surface area (Å²) in [6.45, 7) is 0. The summed E-state index contributed by atoms with van der Waals surface area (Å²) < 4.78 is 0. The zero-order valence-corrected chi connectivity index (χ0v) is 12.9. The van der Waals surface area contributed by atoms with Crippen molar-refractivity contribution in [3.63, 3.8) is 0 Å². The van der Waals surface area contributed by atoms with Crippen molar-refractivity contribution in [2.75, 3.05) is 12.4 Å². The fourth-order valence-electron chi connectivity index (χ4n) is 3.06. The molecule has 2 heterocycles. The number of aromatic amines is 1. The lowest BCUT2D eigenvalue weighted by Gasteiger charge is -2.06. The molecule has 5 heteroatoms. The average molecular weight is 306 g/mol. The third-order valence-corrected chi connectivity index (χ3v) is 4.13. The second-order valence-corrected chi connectivity index (χ2v) is 5.75. The predicted molar refractivity (Wildman–Crippen MR) is 91.5 cm³/mol. The number of nitrogens with zero attached hydrogens (tertiary/aromatic N) is 2. The minimum atomic E-state index is -0.439. The number of hydrogen-bond donors (Lipinski definition) is 3. The van der Waals surface area contributed by atoms with Crippen molar-refractivity contribution in [3.8, 4) is 0 Å². The Morgan fingerprint density at radius 2 is 2.09 bits per heavy atom. The maximum atomic E-state index is 9.80. The maximum Gasteiger partial charge on any atom is 0.144 e. The quantitative estimate of drug-likeness (QED) is 0.673. The molecule has 0 fully saturated rings. The summed E-state index contributed by atoms with van der Waals surface area (Å²) in [5.41, 5.74) is 1.99. The first kappa shape index (κ1) is 14.0. The Hall–Kier alpha value is -2.66. The molecular formula is C18H18N4O. The average Bonchev–Trinajstić information content (AvgIpc) is 2.92. The van der Waals surface area contributed by atoms with E-state index >= 15 is 0 Å². The van der Waals surface area contributed by atoms with E-state index < -0.39 is 6.10 Å². The number of benzene rings is 1. The van der Waals surface area contributed by atoms with Crippen LogP contribution in [0.1, 0.15) is 17.8 Å². The summed E-state index contributed by atoms with van der Waals surface area (Å²) >= 11 is 0. The van der Waals surface area contributed by atoms with Gasteiger partial charge >= 0.3 is 0 Å². The van der Waals surface area contributed by atoms with E-state index in [1.807, 2.05) is 37.4 Å². The van der Waals surface area contributed by atoms with Gasteiger partial charge in [-0.15, -0.1) is 0 Å². The molecule has 4 rings (SSSR count). The molecule has 1 aliphatic carbocycles. The van der Waals surface area contributed by atoms with Crippen LogP contribution in [0.2, 0.25) is 0 Å². The summed E-state index contributed by atoms with van der Waals surface area (Å²) in [6.07, 6.45) is 4.75. The van der Waals surface area contributed by atoms with Gasteiger partial charge in [-0.1, -0.05) is 36.4 Å². The first-order chi connectivity index (χ1) is 11.2. The minimum Gasteiger partial charge on any atom is -0.389 e. The zero-order chi connectivity index (χ0) is 15.8. The highest BCUT2D eigenvalue weighted by atomic mass is 16.3.